The Morgan fingerprint density at radius 3 is 2.32 bits per heavy atom. The summed E-state index contributed by atoms with van der Waals surface area (Å²) >= 11 is 5.90. The second-order valence-corrected chi connectivity index (χ2v) is 9.91. The van der Waals surface area contributed by atoms with Crippen LogP contribution in [0.25, 0.3) is 0 Å². The minimum Gasteiger partial charge on any atom is -0.492 e. The van der Waals surface area contributed by atoms with Crippen LogP contribution in [-0.2, 0) is 10.0 Å². The highest BCUT2D eigenvalue weighted by atomic mass is 35.5. The second-order valence-electron chi connectivity index (χ2n) is 7.33. The molecule has 0 aliphatic carbocycles. The van der Waals surface area contributed by atoms with Crippen molar-refractivity contribution in [2.24, 2.45) is 0 Å². The maximum atomic E-state index is 12.1. The van der Waals surface area contributed by atoms with Crippen LogP contribution in [0.2, 0.25) is 5.02 Å². The molecule has 2 aromatic carbocycles. The summed E-state index contributed by atoms with van der Waals surface area (Å²) in [4.78, 5) is 15.4. The van der Waals surface area contributed by atoms with Gasteiger partial charge >= 0.3 is 0 Å². The molecule has 1 aliphatic heterocycles. The largest absolute Gasteiger partial charge is 0.492 e. The monoisotopic (exact) mass is 468 g/mol. The van der Waals surface area contributed by atoms with Crippen molar-refractivity contribution in [3.63, 3.8) is 0 Å². The quantitative estimate of drug-likeness (QED) is 0.434. The third-order valence-corrected chi connectivity index (χ3v) is 7.19. The molecule has 0 amide bonds. The minimum absolute atomic E-state index is 0.0176. The molecule has 0 N–H and O–H groups in total. The lowest BCUT2D eigenvalue weighted by Gasteiger charge is -2.35. The molecule has 0 aromatic heterocycles. The van der Waals surface area contributed by atoms with Crippen molar-refractivity contribution in [3.05, 3.63) is 57.6 Å². The van der Waals surface area contributed by atoms with Crippen LogP contribution in [0.15, 0.2) is 47.4 Å². The van der Waals surface area contributed by atoms with Crippen LogP contribution < -0.4 is 9.64 Å². The molecule has 1 fully saturated rings. The van der Waals surface area contributed by atoms with Crippen molar-refractivity contribution >= 4 is 33.0 Å². The van der Waals surface area contributed by atoms with Gasteiger partial charge in [-0.15, -0.1) is 0 Å². The number of hydrogen-bond donors (Lipinski definition) is 0. The molecule has 3 rings (SSSR count). The molecular weight excluding hydrogens is 444 g/mol. The predicted octanol–water partition coefficient (Wildman–Crippen LogP) is 2.70. The van der Waals surface area contributed by atoms with Gasteiger partial charge in [-0.2, -0.15) is 0 Å². The highest BCUT2D eigenvalue weighted by molar-refractivity contribution is 7.89. The first-order valence-electron chi connectivity index (χ1n) is 9.75. The van der Waals surface area contributed by atoms with E-state index in [1.807, 2.05) is 4.90 Å². The van der Waals surface area contributed by atoms with Gasteiger partial charge in [-0.05, 0) is 36.4 Å². The van der Waals surface area contributed by atoms with Crippen LogP contribution in [0, 0.1) is 10.1 Å². The Hall–Kier alpha value is -2.40. The third kappa shape index (κ3) is 5.65. The van der Waals surface area contributed by atoms with Gasteiger partial charge < -0.3 is 9.64 Å². The standard InChI is InChI=1S/C20H25ClN4O5S/c1-22(2)31(28,29)18-6-4-17(5-7-18)30-14-13-23-9-11-24(12-10-23)19-8-3-16(21)15-20(19)25(26)27/h3-8,15H,9-14H2,1-2H3. The van der Waals surface area contributed by atoms with E-state index < -0.39 is 14.9 Å². The van der Waals surface area contributed by atoms with Crippen LogP contribution in [0.3, 0.4) is 0 Å². The zero-order valence-electron chi connectivity index (χ0n) is 17.4. The highest BCUT2D eigenvalue weighted by Crippen LogP contribution is 2.31. The number of sulfonamides is 1. The number of nitro groups is 1. The number of halogens is 1. The number of nitrogens with zero attached hydrogens (tertiary/aromatic N) is 4. The molecule has 0 unspecified atom stereocenters. The summed E-state index contributed by atoms with van der Waals surface area (Å²) in [5.74, 6) is 0.605. The summed E-state index contributed by atoms with van der Waals surface area (Å²) in [6.07, 6.45) is 0. The summed E-state index contributed by atoms with van der Waals surface area (Å²) in [5, 5.41) is 11.7. The molecule has 0 saturated carbocycles. The molecule has 1 saturated heterocycles. The normalized spacial score (nSPS) is 15.3. The van der Waals surface area contributed by atoms with Crippen molar-refractivity contribution in [2.45, 2.75) is 4.90 Å². The van der Waals surface area contributed by atoms with Gasteiger partial charge in [-0.25, -0.2) is 12.7 Å². The maximum absolute atomic E-state index is 12.1. The van der Waals surface area contributed by atoms with E-state index >= 15 is 0 Å². The van der Waals surface area contributed by atoms with E-state index in [2.05, 4.69) is 4.90 Å². The Bertz CT molecular complexity index is 1020. The molecule has 31 heavy (non-hydrogen) atoms. The van der Waals surface area contributed by atoms with Crippen molar-refractivity contribution in [1.82, 2.24) is 9.21 Å². The van der Waals surface area contributed by atoms with Gasteiger partial charge in [-0.1, -0.05) is 11.6 Å². The van der Waals surface area contributed by atoms with E-state index in [-0.39, 0.29) is 10.6 Å². The van der Waals surface area contributed by atoms with Crippen LogP contribution in [0.4, 0.5) is 11.4 Å². The predicted molar refractivity (Wildman–Crippen MR) is 120 cm³/mol. The van der Waals surface area contributed by atoms with Crippen molar-refractivity contribution in [1.29, 1.82) is 0 Å². The van der Waals surface area contributed by atoms with Crippen molar-refractivity contribution in [3.8, 4) is 5.75 Å². The Labute approximate surface area is 187 Å². The third-order valence-electron chi connectivity index (χ3n) is 5.13. The number of piperazine rings is 1. The summed E-state index contributed by atoms with van der Waals surface area (Å²) in [6.45, 7) is 4.00. The number of benzene rings is 2. The molecule has 0 atom stereocenters. The number of rotatable bonds is 8. The molecule has 11 heteroatoms. The Balaban J connectivity index is 1.49. The van der Waals surface area contributed by atoms with Gasteiger partial charge in [0, 0.05) is 57.9 Å². The maximum Gasteiger partial charge on any atom is 0.294 e. The van der Waals surface area contributed by atoms with E-state index in [0.29, 0.717) is 42.7 Å². The molecular formula is C20H25ClN4O5S. The van der Waals surface area contributed by atoms with Crippen molar-refractivity contribution in [2.75, 3.05) is 58.3 Å². The minimum atomic E-state index is -3.45. The fourth-order valence-corrected chi connectivity index (χ4v) is 4.40. The first kappa shape index (κ1) is 23.3. The van der Waals surface area contributed by atoms with Crippen molar-refractivity contribution < 1.29 is 18.1 Å². The number of hydrogen-bond acceptors (Lipinski definition) is 7. The lowest BCUT2D eigenvalue weighted by atomic mass is 10.2. The molecule has 168 valence electrons. The molecule has 0 bridgehead atoms. The van der Waals surface area contributed by atoms with Crippen LogP contribution >= 0.6 is 11.6 Å². The van der Waals surface area contributed by atoms with Gasteiger partial charge in [-0.3, -0.25) is 15.0 Å². The number of ether oxygens (including phenoxy) is 1. The highest BCUT2D eigenvalue weighted by Gasteiger charge is 2.24. The molecule has 2 aromatic rings. The first-order valence-corrected chi connectivity index (χ1v) is 11.6. The van der Waals surface area contributed by atoms with Gasteiger partial charge in [0.1, 0.15) is 18.0 Å². The lowest BCUT2D eigenvalue weighted by Crippen LogP contribution is -2.47. The zero-order chi connectivity index (χ0) is 22.6. The fourth-order valence-electron chi connectivity index (χ4n) is 3.33. The molecule has 1 heterocycles. The molecule has 0 spiro atoms. The van der Waals surface area contributed by atoms with E-state index in [9.17, 15) is 18.5 Å². The van der Waals surface area contributed by atoms with Gasteiger partial charge in [0.05, 0.1) is 9.82 Å². The Kier molecular flexibility index (Phi) is 7.37. The summed E-state index contributed by atoms with van der Waals surface area (Å²) in [5.41, 5.74) is 0.599. The van der Waals surface area contributed by atoms with E-state index in [1.165, 1.54) is 36.6 Å². The van der Waals surface area contributed by atoms with Gasteiger partial charge in [0.15, 0.2) is 0 Å². The van der Waals surface area contributed by atoms with Crippen LogP contribution in [0.5, 0.6) is 5.75 Å². The molecule has 9 nitrogen and oxygen atoms in total. The smallest absolute Gasteiger partial charge is 0.294 e. The zero-order valence-corrected chi connectivity index (χ0v) is 19.0. The SMILES string of the molecule is CN(C)S(=O)(=O)c1ccc(OCCN2CCN(c3ccc(Cl)cc3[N+](=O)[O-])CC2)cc1. The lowest BCUT2D eigenvalue weighted by molar-refractivity contribution is -0.384. The van der Waals surface area contributed by atoms with E-state index in [1.54, 1.807) is 24.3 Å². The summed E-state index contributed by atoms with van der Waals surface area (Å²) in [6, 6.07) is 11.1. The average molecular weight is 469 g/mol. The average Bonchev–Trinajstić information content (AvgIpc) is 2.74. The molecule has 0 radical (unpaired) electrons. The fraction of sp³-hybridized carbons (Fsp3) is 0.400. The van der Waals surface area contributed by atoms with Crippen LogP contribution in [0.1, 0.15) is 0 Å². The topological polar surface area (TPSA) is 96.2 Å². The van der Waals surface area contributed by atoms with E-state index in [0.717, 1.165) is 13.1 Å². The summed E-state index contributed by atoms with van der Waals surface area (Å²) < 4.78 is 31.1. The number of anilines is 1. The number of nitro benzene ring substituents is 1. The Morgan fingerprint density at radius 2 is 1.74 bits per heavy atom. The first-order chi connectivity index (χ1) is 14.7. The van der Waals surface area contributed by atoms with Gasteiger partial charge in [0.25, 0.3) is 5.69 Å². The van der Waals surface area contributed by atoms with Crippen LogP contribution in [-0.4, -0.2) is 76.0 Å². The summed E-state index contributed by atoms with van der Waals surface area (Å²) in [7, 11) is -0.474. The Morgan fingerprint density at radius 1 is 1.10 bits per heavy atom. The van der Waals surface area contributed by atoms with E-state index in [4.69, 9.17) is 16.3 Å². The molecule has 1 aliphatic rings. The second kappa shape index (κ2) is 9.82. The van der Waals surface area contributed by atoms with Gasteiger partial charge in [0.2, 0.25) is 10.0 Å².